The first-order valence-corrected chi connectivity index (χ1v) is 7.48. The zero-order chi connectivity index (χ0) is 13.4. The molecule has 0 radical (unpaired) electrons. The molecule has 0 spiro atoms. The number of halogens is 1. The second kappa shape index (κ2) is 8.68. The van der Waals surface area contributed by atoms with E-state index >= 15 is 0 Å². The van der Waals surface area contributed by atoms with Crippen LogP contribution in [-0.4, -0.2) is 31.2 Å². The first kappa shape index (κ1) is 15.7. The standard InChI is InChI=1S/C15H24BrNO/c1-4-15(5-2)17(10-11-18-3)12-13-6-8-14(16)9-7-13/h6-9,15H,4-5,10-12H2,1-3H3. The number of hydrogen-bond acceptors (Lipinski definition) is 2. The van der Waals surface area contributed by atoms with Gasteiger partial charge in [0.05, 0.1) is 6.61 Å². The highest BCUT2D eigenvalue weighted by molar-refractivity contribution is 9.10. The third-order valence-electron chi connectivity index (χ3n) is 3.34. The summed E-state index contributed by atoms with van der Waals surface area (Å²) in [5, 5.41) is 0. The second-order valence-electron chi connectivity index (χ2n) is 4.56. The summed E-state index contributed by atoms with van der Waals surface area (Å²) in [5.41, 5.74) is 1.36. The summed E-state index contributed by atoms with van der Waals surface area (Å²) in [6, 6.07) is 9.23. The second-order valence-corrected chi connectivity index (χ2v) is 5.48. The molecule has 0 fully saturated rings. The maximum atomic E-state index is 5.22. The van der Waals surface area contributed by atoms with Gasteiger partial charge in [0.25, 0.3) is 0 Å². The van der Waals surface area contributed by atoms with Crippen LogP contribution in [0.3, 0.4) is 0 Å². The molecule has 1 rings (SSSR count). The normalized spacial score (nSPS) is 11.4. The molecular formula is C15H24BrNO. The Kier molecular flexibility index (Phi) is 7.56. The SMILES string of the molecule is CCC(CC)N(CCOC)Cc1ccc(Br)cc1. The van der Waals surface area contributed by atoms with E-state index in [1.165, 1.54) is 18.4 Å². The maximum absolute atomic E-state index is 5.22. The van der Waals surface area contributed by atoms with Crippen LogP contribution in [-0.2, 0) is 11.3 Å². The van der Waals surface area contributed by atoms with Gasteiger partial charge in [-0.3, -0.25) is 4.90 Å². The average Bonchev–Trinajstić information content (AvgIpc) is 2.39. The summed E-state index contributed by atoms with van der Waals surface area (Å²) in [5.74, 6) is 0. The molecule has 0 unspecified atom stereocenters. The number of methoxy groups -OCH3 is 1. The molecular weight excluding hydrogens is 290 g/mol. The van der Waals surface area contributed by atoms with Gasteiger partial charge in [-0.1, -0.05) is 41.9 Å². The summed E-state index contributed by atoms with van der Waals surface area (Å²) >= 11 is 3.48. The lowest BCUT2D eigenvalue weighted by atomic mass is 10.1. The van der Waals surface area contributed by atoms with E-state index in [0.717, 1.165) is 24.2 Å². The van der Waals surface area contributed by atoms with Crippen molar-refractivity contribution in [3.05, 3.63) is 34.3 Å². The van der Waals surface area contributed by atoms with Crippen molar-refractivity contribution < 1.29 is 4.74 Å². The molecule has 3 heteroatoms. The van der Waals surface area contributed by atoms with Crippen LogP contribution in [0.15, 0.2) is 28.7 Å². The van der Waals surface area contributed by atoms with E-state index in [2.05, 4.69) is 58.9 Å². The molecule has 0 atom stereocenters. The maximum Gasteiger partial charge on any atom is 0.0589 e. The van der Waals surface area contributed by atoms with Crippen LogP contribution in [0.25, 0.3) is 0 Å². The highest BCUT2D eigenvalue weighted by Crippen LogP contribution is 2.16. The number of rotatable bonds is 8. The predicted octanol–water partition coefficient (Wildman–Crippen LogP) is 4.09. The Balaban J connectivity index is 2.67. The number of benzene rings is 1. The fourth-order valence-corrected chi connectivity index (χ4v) is 2.49. The third kappa shape index (κ3) is 5.09. The molecule has 0 aliphatic carbocycles. The summed E-state index contributed by atoms with van der Waals surface area (Å²) in [7, 11) is 1.77. The Morgan fingerprint density at radius 1 is 1.17 bits per heavy atom. The van der Waals surface area contributed by atoms with Crippen LogP contribution in [0.2, 0.25) is 0 Å². The molecule has 0 aromatic heterocycles. The minimum atomic E-state index is 0.642. The fraction of sp³-hybridized carbons (Fsp3) is 0.600. The van der Waals surface area contributed by atoms with Gasteiger partial charge < -0.3 is 4.74 Å². The average molecular weight is 314 g/mol. The largest absolute Gasteiger partial charge is 0.383 e. The van der Waals surface area contributed by atoms with Gasteiger partial charge in [0.2, 0.25) is 0 Å². The Bertz CT molecular complexity index is 322. The highest BCUT2D eigenvalue weighted by atomic mass is 79.9. The zero-order valence-corrected chi connectivity index (χ0v) is 13.2. The van der Waals surface area contributed by atoms with Crippen LogP contribution < -0.4 is 0 Å². The molecule has 1 aromatic rings. The van der Waals surface area contributed by atoms with Crippen molar-refractivity contribution in [1.82, 2.24) is 4.90 Å². The number of hydrogen-bond donors (Lipinski definition) is 0. The van der Waals surface area contributed by atoms with E-state index in [9.17, 15) is 0 Å². The van der Waals surface area contributed by atoms with Crippen LogP contribution in [0, 0.1) is 0 Å². The monoisotopic (exact) mass is 313 g/mol. The molecule has 0 amide bonds. The Labute approximate surface area is 119 Å². The van der Waals surface area contributed by atoms with Gasteiger partial charge in [-0.2, -0.15) is 0 Å². The topological polar surface area (TPSA) is 12.5 Å². The van der Waals surface area contributed by atoms with Crippen molar-refractivity contribution in [3.63, 3.8) is 0 Å². The first-order chi connectivity index (χ1) is 8.71. The van der Waals surface area contributed by atoms with E-state index in [0.29, 0.717) is 6.04 Å². The third-order valence-corrected chi connectivity index (χ3v) is 3.87. The number of nitrogens with zero attached hydrogens (tertiary/aromatic N) is 1. The van der Waals surface area contributed by atoms with Crippen molar-refractivity contribution in [2.45, 2.75) is 39.3 Å². The molecule has 0 aliphatic rings. The summed E-state index contributed by atoms with van der Waals surface area (Å²) in [6.07, 6.45) is 2.38. The highest BCUT2D eigenvalue weighted by Gasteiger charge is 2.14. The lowest BCUT2D eigenvalue weighted by Crippen LogP contribution is -2.36. The Hall–Kier alpha value is -0.380. The molecule has 0 N–H and O–H groups in total. The Morgan fingerprint density at radius 3 is 2.28 bits per heavy atom. The van der Waals surface area contributed by atoms with E-state index in [1.807, 2.05) is 0 Å². The smallest absolute Gasteiger partial charge is 0.0589 e. The zero-order valence-electron chi connectivity index (χ0n) is 11.7. The van der Waals surface area contributed by atoms with Crippen LogP contribution in [0.1, 0.15) is 32.3 Å². The van der Waals surface area contributed by atoms with Gasteiger partial charge >= 0.3 is 0 Å². The Morgan fingerprint density at radius 2 is 1.78 bits per heavy atom. The quantitative estimate of drug-likeness (QED) is 0.717. The molecule has 0 saturated carbocycles. The molecule has 0 heterocycles. The number of ether oxygens (including phenoxy) is 1. The summed E-state index contributed by atoms with van der Waals surface area (Å²) in [4.78, 5) is 2.52. The molecule has 0 saturated heterocycles. The van der Waals surface area contributed by atoms with Crippen molar-refractivity contribution >= 4 is 15.9 Å². The predicted molar refractivity (Wildman–Crippen MR) is 80.8 cm³/mol. The molecule has 0 bridgehead atoms. The van der Waals surface area contributed by atoms with Crippen LogP contribution in [0.4, 0.5) is 0 Å². The van der Waals surface area contributed by atoms with Crippen molar-refractivity contribution in [1.29, 1.82) is 0 Å². The van der Waals surface area contributed by atoms with Crippen molar-refractivity contribution in [2.24, 2.45) is 0 Å². The van der Waals surface area contributed by atoms with Gasteiger partial charge in [0.15, 0.2) is 0 Å². The minimum Gasteiger partial charge on any atom is -0.383 e. The van der Waals surface area contributed by atoms with Crippen LogP contribution >= 0.6 is 15.9 Å². The van der Waals surface area contributed by atoms with Gasteiger partial charge in [-0.25, -0.2) is 0 Å². The summed E-state index contributed by atoms with van der Waals surface area (Å²) < 4.78 is 6.36. The molecule has 0 aliphatic heterocycles. The molecule has 18 heavy (non-hydrogen) atoms. The van der Waals surface area contributed by atoms with E-state index < -0.39 is 0 Å². The van der Waals surface area contributed by atoms with Gasteiger partial charge in [-0.15, -0.1) is 0 Å². The van der Waals surface area contributed by atoms with E-state index in [1.54, 1.807) is 7.11 Å². The van der Waals surface area contributed by atoms with Crippen LogP contribution in [0.5, 0.6) is 0 Å². The molecule has 2 nitrogen and oxygen atoms in total. The molecule has 1 aromatic carbocycles. The summed E-state index contributed by atoms with van der Waals surface area (Å²) in [6.45, 7) is 7.32. The first-order valence-electron chi connectivity index (χ1n) is 6.68. The lowest BCUT2D eigenvalue weighted by Gasteiger charge is -2.30. The fourth-order valence-electron chi connectivity index (χ4n) is 2.23. The van der Waals surface area contributed by atoms with Gasteiger partial charge in [-0.05, 0) is 30.5 Å². The van der Waals surface area contributed by atoms with Gasteiger partial charge in [0, 0.05) is 30.7 Å². The van der Waals surface area contributed by atoms with Crippen molar-refractivity contribution in [2.75, 3.05) is 20.3 Å². The van der Waals surface area contributed by atoms with E-state index in [-0.39, 0.29) is 0 Å². The van der Waals surface area contributed by atoms with Crippen molar-refractivity contribution in [3.8, 4) is 0 Å². The molecule has 102 valence electrons. The van der Waals surface area contributed by atoms with Gasteiger partial charge in [0.1, 0.15) is 0 Å². The lowest BCUT2D eigenvalue weighted by molar-refractivity contribution is 0.110. The minimum absolute atomic E-state index is 0.642. The van der Waals surface area contributed by atoms with E-state index in [4.69, 9.17) is 4.74 Å².